The van der Waals surface area contributed by atoms with Gasteiger partial charge in [0.1, 0.15) is 11.9 Å². The van der Waals surface area contributed by atoms with Gasteiger partial charge in [-0.05, 0) is 98.9 Å². The maximum Gasteiger partial charge on any atom is 0.167 e. The molecular formula is C18H20Br2O3. The van der Waals surface area contributed by atoms with Crippen molar-refractivity contribution in [3.63, 3.8) is 0 Å². The van der Waals surface area contributed by atoms with Crippen molar-refractivity contribution < 1.29 is 15.0 Å². The predicted molar refractivity (Wildman–Crippen MR) is 94.5 cm³/mol. The highest BCUT2D eigenvalue weighted by Gasteiger charge is 2.58. The number of aliphatic hydroxyl groups is 1. The molecular weight excluding hydrogens is 424 g/mol. The van der Waals surface area contributed by atoms with Crippen LogP contribution in [-0.4, -0.2) is 22.1 Å². The predicted octanol–water partition coefficient (Wildman–Crippen LogP) is 4.31. The molecule has 5 unspecified atom stereocenters. The number of ketones is 1. The van der Waals surface area contributed by atoms with Crippen LogP contribution in [0.15, 0.2) is 15.0 Å². The monoisotopic (exact) mass is 442 g/mol. The van der Waals surface area contributed by atoms with Gasteiger partial charge in [0.2, 0.25) is 0 Å². The van der Waals surface area contributed by atoms with Crippen molar-refractivity contribution in [2.24, 2.45) is 17.3 Å². The molecule has 0 bridgehead atoms. The maximum atomic E-state index is 12.4. The summed E-state index contributed by atoms with van der Waals surface area (Å²) in [5.74, 6) is 1.48. The van der Waals surface area contributed by atoms with Crippen LogP contribution in [0.25, 0.3) is 0 Å². The Bertz CT molecular complexity index is 702. The molecule has 1 aromatic carbocycles. The number of fused-ring (bicyclic) bond motifs is 5. The number of Topliss-reactive ketones (excluding diaryl/α,β-unsaturated/α-hetero) is 1. The van der Waals surface area contributed by atoms with E-state index in [2.05, 4.69) is 44.8 Å². The Hall–Kier alpha value is -0.390. The second kappa shape index (κ2) is 5.30. The van der Waals surface area contributed by atoms with E-state index in [-0.39, 0.29) is 22.9 Å². The number of aliphatic hydroxyl groups excluding tert-OH is 1. The number of hydrogen-bond donors (Lipinski definition) is 2. The molecule has 5 atom stereocenters. The summed E-state index contributed by atoms with van der Waals surface area (Å²) in [6, 6.07) is 2.06. The molecule has 3 aliphatic rings. The third-order valence-corrected chi connectivity index (χ3v) is 8.09. The van der Waals surface area contributed by atoms with Crippen LogP contribution in [0, 0.1) is 17.3 Å². The molecule has 2 fully saturated rings. The van der Waals surface area contributed by atoms with E-state index in [9.17, 15) is 15.0 Å². The number of aromatic hydroxyl groups is 1. The van der Waals surface area contributed by atoms with Crippen molar-refractivity contribution in [1.29, 1.82) is 0 Å². The molecule has 0 radical (unpaired) electrons. The molecule has 3 nitrogen and oxygen atoms in total. The summed E-state index contributed by atoms with van der Waals surface area (Å²) in [5, 5.41) is 20.3. The lowest BCUT2D eigenvalue weighted by molar-refractivity contribution is -0.134. The molecule has 23 heavy (non-hydrogen) atoms. The lowest BCUT2D eigenvalue weighted by Gasteiger charge is -2.48. The smallest absolute Gasteiger partial charge is 0.167 e. The zero-order valence-electron chi connectivity index (χ0n) is 13.0. The van der Waals surface area contributed by atoms with Gasteiger partial charge in [0.25, 0.3) is 0 Å². The second-order valence-electron chi connectivity index (χ2n) is 7.58. The number of benzene rings is 1. The van der Waals surface area contributed by atoms with Crippen molar-refractivity contribution in [3.05, 3.63) is 26.1 Å². The number of carbonyl (C=O) groups excluding carboxylic acids is 1. The summed E-state index contributed by atoms with van der Waals surface area (Å²) in [6.45, 7) is 2.06. The number of phenols is 1. The van der Waals surface area contributed by atoms with Gasteiger partial charge in [0.15, 0.2) is 5.78 Å². The van der Waals surface area contributed by atoms with E-state index in [1.165, 1.54) is 11.1 Å². The summed E-state index contributed by atoms with van der Waals surface area (Å²) in [6.07, 6.45) is 3.61. The van der Waals surface area contributed by atoms with E-state index in [0.29, 0.717) is 18.3 Å². The number of rotatable bonds is 0. The fraction of sp³-hybridized carbons (Fsp3) is 0.611. The topological polar surface area (TPSA) is 57.5 Å². The van der Waals surface area contributed by atoms with Crippen LogP contribution in [0.1, 0.15) is 49.7 Å². The lowest BCUT2D eigenvalue weighted by Crippen LogP contribution is -2.43. The Morgan fingerprint density at radius 2 is 2.04 bits per heavy atom. The molecule has 4 rings (SSSR count). The fourth-order valence-electron chi connectivity index (χ4n) is 5.43. The average Bonchev–Trinajstić information content (AvgIpc) is 2.76. The third-order valence-electron chi connectivity index (χ3n) is 6.63. The molecule has 0 amide bonds. The number of phenolic OH excluding ortho intramolecular Hbond substituents is 1. The molecule has 0 saturated heterocycles. The number of hydrogen-bond acceptors (Lipinski definition) is 3. The summed E-state index contributed by atoms with van der Waals surface area (Å²) in [4.78, 5) is 12.4. The molecule has 2 saturated carbocycles. The normalized spacial score (nSPS) is 38.9. The maximum absolute atomic E-state index is 12.4. The minimum absolute atomic E-state index is 0.0554. The largest absolute Gasteiger partial charge is 0.506 e. The Kier molecular flexibility index (Phi) is 3.71. The van der Waals surface area contributed by atoms with Gasteiger partial charge in [-0.25, -0.2) is 0 Å². The standard InChI is InChI=1S/C18H20Br2O3/c1-18-5-4-8-9(12(18)7-14(21)17(18)23)2-3-10-11(8)6-13(19)16(22)15(10)20/h6,8-9,12,14,21-22H,2-5,7H2,1H3. The van der Waals surface area contributed by atoms with Crippen molar-refractivity contribution >= 4 is 37.6 Å². The van der Waals surface area contributed by atoms with E-state index >= 15 is 0 Å². The Labute approximate surface area is 152 Å². The highest BCUT2D eigenvalue weighted by Crippen LogP contribution is 2.60. The molecule has 0 aromatic heterocycles. The highest BCUT2D eigenvalue weighted by molar-refractivity contribution is 9.11. The molecule has 124 valence electrons. The number of halogens is 2. The Balaban J connectivity index is 1.77. The SMILES string of the molecule is CC12CCC3c4cc(Br)c(O)c(Br)c4CCC3C1CC(O)C2=O. The van der Waals surface area contributed by atoms with Crippen molar-refractivity contribution in [3.8, 4) is 5.75 Å². The van der Waals surface area contributed by atoms with Crippen molar-refractivity contribution in [1.82, 2.24) is 0 Å². The second-order valence-corrected chi connectivity index (χ2v) is 9.22. The van der Waals surface area contributed by atoms with Gasteiger partial charge in [-0.15, -0.1) is 0 Å². The fourth-order valence-corrected chi connectivity index (χ4v) is 6.78. The van der Waals surface area contributed by atoms with Gasteiger partial charge >= 0.3 is 0 Å². The first kappa shape index (κ1) is 16.1. The van der Waals surface area contributed by atoms with Crippen LogP contribution in [-0.2, 0) is 11.2 Å². The first-order valence-electron chi connectivity index (χ1n) is 8.26. The van der Waals surface area contributed by atoms with Crippen LogP contribution >= 0.6 is 31.9 Å². The Morgan fingerprint density at radius 3 is 2.78 bits per heavy atom. The third kappa shape index (κ3) is 2.12. The summed E-state index contributed by atoms with van der Waals surface area (Å²) < 4.78 is 1.52. The van der Waals surface area contributed by atoms with E-state index in [1.54, 1.807) is 0 Å². The first-order valence-corrected chi connectivity index (χ1v) is 9.85. The Morgan fingerprint density at radius 1 is 1.30 bits per heavy atom. The van der Waals surface area contributed by atoms with Gasteiger partial charge in [-0.1, -0.05) is 6.92 Å². The van der Waals surface area contributed by atoms with E-state index in [1.807, 2.05) is 0 Å². The summed E-state index contributed by atoms with van der Waals surface area (Å²) in [7, 11) is 0. The van der Waals surface area contributed by atoms with Crippen LogP contribution in [0.4, 0.5) is 0 Å². The van der Waals surface area contributed by atoms with E-state index < -0.39 is 6.10 Å². The minimum Gasteiger partial charge on any atom is -0.506 e. The molecule has 1 aromatic rings. The van der Waals surface area contributed by atoms with Gasteiger partial charge in [0, 0.05) is 5.41 Å². The molecule has 5 heteroatoms. The highest BCUT2D eigenvalue weighted by atomic mass is 79.9. The van der Waals surface area contributed by atoms with Crippen LogP contribution < -0.4 is 0 Å². The molecule has 0 aliphatic heterocycles. The zero-order valence-corrected chi connectivity index (χ0v) is 16.2. The van der Waals surface area contributed by atoms with E-state index in [4.69, 9.17) is 0 Å². The average molecular weight is 444 g/mol. The van der Waals surface area contributed by atoms with Crippen LogP contribution in [0.2, 0.25) is 0 Å². The van der Waals surface area contributed by atoms with Crippen molar-refractivity contribution in [2.45, 2.75) is 51.0 Å². The quantitative estimate of drug-likeness (QED) is 0.627. The van der Waals surface area contributed by atoms with Crippen LogP contribution in [0.3, 0.4) is 0 Å². The minimum atomic E-state index is -0.775. The van der Waals surface area contributed by atoms with Crippen LogP contribution in [0.5, 0.6) is 5.75 Å². The molecule has 3 aliphatic carbocycles. The van der Waals surface area contributed by atoms with E-state index in [0.717, 1.165) is 34.6 Å². The summed E-state index contributed by atoms with van der Waals surface area (Å²) in [5.41, 5.74) is 2.16. The summed E-state index contributed by atoms with van der Waals surface area (Å²) >= 11 is 7.00. The first-order chi connectivity index (χ1) is 10.8. The van der Waals surface area contributed by atoms with Crippen molar-refractivity contribution in [2.75, 3.05) is 0 Å². The molecule has 0 spiro atoms. The lowest BCUT2D eigenvalue weighted by atomic mass is 9.55. The number of carbonyl (C=O) groups is 1. The zero-order chi connectivity index (χ0) is 16.5. The van der Waals surface area contributed by atoms with Gasteiger partial charge in [0.05, 0.1) is 8.95 Å². The van der Waals surface area contributed by atoms with Gasteiger partial charge < -0.3 is 10.2 Å². The van der Waals surface area contributed by atoms with Gasteiger partial charge in [-0.3, -0.25) is 4.79 Å². The molecule has 0 heterocycles. The van der Waals surface area contributed by atoms with Gasteiger partial charge in [-0.2, -0.15) is 0 Å². The molecule has 2 N–H and O–H groups in total.